The highest BCUT2D eigenvalue weighted by molar-refractivity contribution is 6.32. The highest BCUT2D eigenvalue weighted by atomic mass is 35.5. The van der Waals surface area contributed by atoms with E-state index in [4.69, 9.17) is 23.2 Å². The predicted molar refractivity (Wildman–Crippen MR) is 62.0 cm³/mol. The number of benzene rings is 2. The van der Waals surface area contributed by atoms with Crippen molar-refractivity contribution in [3.05, 3.63) is 52.5 Å². The molecule has 0 saturated carbocycles. The Kier molecular flexibility index (Phi) is 2.85. The van der Waals surface area contributed by atoms with Crippen molar-refractivity contribution in [2.24, 2.45) is 0 Å². The van der Waals surface area contributed by atoms with Crippen LogP contribution >= 0.6 is 23.2 Å². The maximum absolute atomic E-state index is 11.1. The molecule has 0 unspecified atom stereocenters. The van der Waals surface area contributed by atoms with E-state index in [0.717, 1.165) is 11.1 Å². The molecule has 1 radical (unpaired) electrons. The second kappa shape index (κ2) is 4.13. The standard InChI is InChI=1S/C12H7Cl2O/c13-10-4-1-8(2-5-10)9-3-6-12(15)11(14)7-9/h1-7H. The van der Waals surface area contributed by atoms with Gasteiger partial charge in [0.1, 0.15) is 0 Å². The Morgan fingerprint density at radius 1 is 0.800 bits per heavy atom. The third kappa shape index (κ3) is 2.25. The quantitative estimate of drug-likeness (QED) is 0.679. The molecule has 75 valence electrons. The molecule has 0 fully saturated rings. The normalized spacial score (nSPS) is 10.3. The third-order valence-corrected chi connectivity index (χ3v) is 2.66. The first-order chi connectivity index (χ1) is 7.16. The van der Waals surface area contributed by atoms with Gasteiger partial charge in [0, 0.05) is 5.02 Å². The second-order valence-corrected chi connectivity index (χ2v) is 4.00. The highest BCUT2D eigenvalue weighted by Gasteiger charge is 2.03. The van der Waals surface area contributed by atoms with Crippen molar-refractivity contribution in [2.45, 2.75) is 0 Å². The van der Waals surface area contributed by atoms with Gasteiger partial charge >= 0.3 is 0 Å². The van der Waals surface area contributed by atoms with Gasteiger partial charge < -0.3 is 0 Å². The SMILES string of the molecule is [O]c1ccc(-c2ccc(Cl)cc2)cc1Cl. The zero-order chi connectivity index (χ0) is 10.8. The van der Waals surface area contributed by atoms with Gasteiger partial charge in [-0.3, -0.25) is 5.11 Å². The van der Waals surface area contributed by atoms with Crippen LogP contribution in [0, 0.1) is 0 Å². The molecule has 0 aliphatic rings. The van der Waals surface area contributed by atoms with E-state index in [-0.39, 0.29) is 10.8 Å². The molecule has 2 rings (SSSR count). The lowest BCUT2D eigenvalue weighted by Gasteiger charge is -2.02. The van der Waals surface area contributed by atoms with E-state index in [9.17, 15) is 5.11 Å². The van der Waals surface area contributed by atoms with Crippen molar-refractivity contribution in [3.8, 4) is 16.9 Å². The van der Waals surface area contributed by atoms with Crippen molar-refractivity contribution < 1.29 is 5.11 Å². The first-order valence-electron chi connectivity index (χ1n) is 4.39. The lowest BCUT2D eigenvalue weighted by atomic mass is 10.1. The maximum atomic E-state index is 11.1. The summed E-state index contributed by atoms with van der Waals surface area (Å²) in [6.07, 6.45) is 0. The first kappa shape index (κ1) is 10.3. The van der Waals surface area contributed by atoms with Gasteiger partial charge in [-0.2, -0.15) is 0 Å². The minimum absolute atomic E-state index is 0.158. The largest absolute Gasteiger partial charge is 0.288 e. The molecule has 0 spiro atoms. The number of halogens is 2. The molecule has 0 heterocycles. The van der Waals surface area contributed by atoms with E-state index in [1.54, 1.807) is 24.3 Å². The van der Waals surface area contributed by atoms with Crippen LogP contribution in [0.1, 0.15) is 0 Å². The van der Waals surface area contributed by atoms with Crippen LogP contribution < -0.4 is 0 Å². The molecule has 2 aromatic rings. The average molecular weight is 238 g/mol. The van der Waals surface area contributed by atoms with Crippen molar-refractivity contribution in [3.63, 3.8) is 0 Å². The molecule has 0 bridgehead atoms. The van der Waals surface area contributed by atoms with Crippen LogP contribution in [-0.2, 0) is 5.11 Å². The van der Waals surface area contributed by atoms with Gasteiger partial charge in [-0.05, 0) is 35.4 Å². The zero-order valence-electron chi connectivity index (χ0n) is 7.71. The van der Waals surface area contributed by atoms with Crippen molar-refractivity contribution >= 4 is 23.2 Å². The highest BCUT2D eigenvalue weighted by Crippen LogP contribution is 2.30. The molecule has 0 N–H and O–H groups in total. The fourth-order valence-corrected chi connectivity index (χ4v) is 1.63. The molecular formula is C12H7Cl2O. The molecule has 0 amide bonds. The van der Waals surface area contributed by atoms with Crippen molar-refractivity contribution in [1.29, 1.82) is 0 Å². The summed E-state index contributed by atoms with van der Waals surface area (Å²) in [5.74, 6) is -0.158. The monoisotopic (exact) mass is 237 g/mol. The molecule has 15 heavy (non-hydrogen) atoms. The minimum atomic E-state index is -0.158. The Hall–Kier alpha value is -1.18. The molecule has 0 saturated heterocycles. The van der Waals surface area contributed by atoms with Gasteiger partial charge in [-0.15, -0.1) is 0 Å². The van der Waals surface area contributed by atoms with Crippen LogP contribution in [0.2, 0.25) is 10.0 Å². The third-order valence-electron chi connectivity index (χ3n) is 2.11. The van der Waals surface area contributed by atoms with Crippen molar-refractivity contribution in [1.82, 2.24) is 0 Å². The Morgan fingerprint density at radius 2 is 1.40 bits per heavy atom. The van der Waals surface area contributed by atoms with Gasteiger partial charge in [-0.25, -0.2) is 0 Å². The fourth-order valence-electron chi connectivity index (χ4n) is 1.32. The summed E-state index contributed by atoms with van der Waals surface area (Å²) in [6.45, 7) is 0. The Labute approximate surface area is 97.9 Å². The van der Waals surface area contributed by atoms with E-state index >= 15 is 0 Å². The molecule has 0 aliphatic carbocycles. The van der Waals surface area contributed by atoms with Crippen LogP contribution in [0.4, 0.5) is 0 Å². The molecule has 0 atom stereocenters. The summed E-state index contributed by atoms with van der Waals surface area (Å²) in [5.41, 5.74) is 1.90. The summed E-state index contributed by atoms with van der Waals surface area (Å²) < 4.78 is 0. The first-order valence-corrected chi connectivity index (χ1v) is 5.15. The lowest BCUT2D eigenvalue weighted by molar-refractivity contribution is 0.355. The Morgan fingerprint density at radius 3 is 2.00 bits per heavy atom. The van der Waals surface area contributed by atoms with E-state index in [1.165, 1.54) is 6.07 Å². The fraction of sp³-hybridized carbons (Fsp3) is 0. The maximum Gasteiger partial charge on any atom is 0.197 e. The van der Waals surface area contributed by atoms with Crippen LogP contribution in [0.5, 0.6) is 5.75 Å². The van der Waals surface area contributed by atoms with E-state index in [1.807, 2.05) is 12.1 Å². The molecule has 0 aliphatic heterocycles. The molecule has 1 nitrogen and oxygen atoms in total. The Bertz CT molecular complexity index is 477. The number of hydrogen-bond acceptors (Lipinski definition) is 0. The average Bonchev–Trinajstić information content (AvgIpc) is 2.23. The smallest absolute Gasteiger partial charge is 0.197 e. The summed E-state index contributed by atoms with van der Waals surface area (Å²) in [7, 11) is 0. The van der Waals surface area contributed by atoms with Crippen LogP contribution in [0.25, 0.3) is 11.1 Å². The second-order valence-electron chi connectivity index (χ2n) is 3.15. The van der Waals surface area contributed by atoms with Gasteiger partial charge in [-0.1, -0.05) is 41.4 Å². The topological polar surface area (TPSA) is 19.9 Å². The predicted octanol–water partition coefficient (Wildman–Crippen LogP) is 4.80. The van der Waals surface area contributed by atoms with E-state index in [0.29, 0.717) is 5.02 Å². The van der Waals surface area contributed by atoms with Crippen LogP contribution in [0.15, 0.2) is 42.5 Å². The summed E-state index contributed by atoms with van der Waals surface area (Å²) >= 11 is 11.5. The molecule has 0 aromatic heterocycles. The number of hydrogen-bond donors (Lipinski definition) is 0. The van der Waals surface area contributed by atoms with Crippen LogP contribution in [-0.4, -0.2) is 0 Å². The number of rotatable bonds is 1. The van der Waals surface area contributed by atoms with Gasteiger partial charge in [0.15, 0.2) is 5.75 Å². The van der Waals surface area contributed by atoms with Crippen molar-refractivity contribution in [2.75, 3.05) is 0 Å². The summed E-state index contributed by atoms with van der Waals surface area (Å²) in [6, 6.07) is 12.2. The molecule has 2 aromatic carbocycles. The van der Waals surface area contributed by atoms with E-state index < -0.39 is 0 Å². The van der Waals surface area contributed by atoms with Gasteiger partial charge in [0.2, 0.25) is 0 Å². The summed E-state index contributed by atoms with van der Waals surface area (Å²) in [4.78, 5) is 0. The molecule has 3 heteroatoms. The molecular weight excluding hydrogens is 231 g/mol. The zero-order valence-corrected chi connectivity index (χ0v) is 9.22. The van der Waals surface area contributed by atoms with Gasteiger partial charge in [0.05, 0.1) is 5.02 Å². The van der Waals surface area contributed by atoms with E-state index in [2.05, 4.69) is 0 Å². The van der Waals surface area contributed by atoms with Gasteiger partial charge in [0.25, 0.3) is 0 Å². The lowest BCUT2D eigenvalue weighted by Crippen LogP contribution is -1.77. The minimum Gasteiger partial charge on any atom is -0.288 e. The summed E-state index contributed by atoms with van der Waals surface area (Å²) in [5, 5.41) is 12.0. The Balaban J connectivity index is 2.45. The van der Waals surface area contributed by atoms with Crippen LogP contribution in [0.3, 0.4) is 0 Å².